The number of nitrogens with zero attached hydrogens (tertiary/aromatic N) is 2. The minimum atomic E-state index is 0.196. The molecule has 0 aromatic rings. The van der Waals surface area contributed by atoms with E-state index in [9.17, 15) is 0 Å². The van der Waals surface area contributed by atoms with Gasteiger partial charge in [-0.3, -0.25) is 4.99 Å². The zero-order valence-corrected chi connectivity index (χ0v) is 6.41. The van der Waals surface area contributed by atoms with E-state index in [-0.39, 0.29) is 6.04 Å². The fourth-order valence-electron chi connectivity index (χ4n) is 0.505. The van der Waals surface area contributed by atoms with Gasteiger partial charge in [0.25, 0.3) is 0 Å². The van der Waals surface area contributed by atoms with Crippen LogP contribution in [0.5, 0.6) is 0 Å². The van der Waals surface area contributed by atoms with Gasteiger partial charge in [-0.25, -0.2) is 4.99 Å². The van der Waals surface area contributed by atoms with E-state index in [0.717, 1.165) is 0 Å². The Hall–Kier alpha value is -1.14. The third-order valence-corrected chi connectivity index (χ3v) is 0.915. The van der Waals surface area contributed by atoms with E-state index in [1.165, 1.54) is 0 Å². The molecule has 0 amide bonds. The van der Waals surface area contributed by atoms with Gasteiger partial charge in [-0.15, -0.1) is 0 Å². The van der Waals surface area contributed by atoms with Crippen molar-refractivity contribution in [3.05, 3.63) is 18.9 Å². The van der Waals surface area contributed by atoms with E-state index in [2.05, 4.69) is 22.4 Å². The average molecular weight is 136 g/mol. The van der Waals surface area contributed by atoms with Crippen LogP contribution in [-0.4, -0.2) is 18.1 Å². The lowest BCUT2D eigenvalue weighted by Gasteiger charge is -1.92. The van der Waals surface area contributed by atoms with Crippen LogP contribution in [-0.2, 0) is 0 Å². The number of hydrogen-bond donors (Lipinski definition) is 0. The molecular weight excluding hydrogens is 124 g/mol. The van der Waals surface area contributed by atoms with Crippen molar-refractivity contribution in [1.29, 1.82) is 0 Å². The Balaban J connectivity index is 3.76. The van der Waals surface area contributed by atoms with Crippen molar-refractivity contribution in [1.82, 2.24) is 0 Å². The van der Waals surface area contributed by atoms with E-state index in [1.807, 2.05) is 19.9 Å². The smallest absolute Gasteiger partial charge is 0.0665 e. The lowest BCUT2D eigenvalue weighted by atomic mass is 10.3. The zero-order valence-electron chi connectivity index (χ0n) is 6.41. The molecule has 0 saturated heterocycles. The van der Waals surface area contributed by atoms with Crippen LogP contribution in [0.2, 0.25) is 0 Å². The third-order valence-electron chi connectivity index (χ3n) is 0.915. The molecule has 0 unspecified atom stereocenters. The van der Waals surface area contributed by atoms with Crippen molar-refractivity contribution in [3.8, 4) is 0 Å². The van der Waals surface area contributed by atoms with E-state index in [4.69, 9.17) is 0 Å². The van der Waals surface area contributed by atoms with Crippen molar-refractivity contribution in [2.24, 2.45) is 9.98 Å². The first kappa shape index (κ1) is 8.86. The first-order valence-electron chi connectivity index (χ1n) is 3.17. The molecule has 1 atom stereocenters. The van der Waals surface area contributed by atoms with Crippen LogP contribution >= 0.6 is 0 Å². The second-order valence-corrected chi connectivity index (χ2v) is 1.78. The first-order valence-corrected chi connectivity index (χ1v) is 3.17. The van der Waals surface area contributed by atoms with E-state index in [1.54, 1.807) is 12.4 Å². The summed E-state index contributed by atoms with van der Waals surface area (Å²) in [5.41, 5.74) is 0. The third kappa shape index (κ3) is 5.01. The highest BCUT2D eigenvalue weighted by Crippen LogP contribution is 1.89. The Kier molecular flexibility index (Phi) is 5.30. The first-order chi connectivity index (χ1) is 4.81. The molecule has 0 aromatic carbocycles. The Morgan fingerprint density at radius 3 is 2.80 bits per heavy atom. The summed E-state index contributed by atoms with van der Waals surface area (Å²) in [6, 6.07) is 0.196. The van der Waals surface area contributed by atoms with Crippen LogP contribution in [0.25, 0.3) is 0 Å². The predicted molar refractivity (Wildman–Crippen MR) is 45.8 cm³/mol. The van der Waals surface area contributed by atoms with Crippen LogP contribution in [0.3, 0.4) is 0 Å². The Morgan fingerprint density at radius 1 is 1.60 bits per heavy atom. The molecule has 0 aliphatic rings. The van der Waals surface area contributed by atoms with Crippen LogP contribution in [0.1, 0.15) is 13.8 Å². The average Bonchev–Trinajstić information content (AvgIpc) is 1.89. The Labute approximate surface area is 61.7 Å². The quantitative estimate of drug-likeness (QED) is 0.529. The van der Waals surface area contributed by atoms with Crippen molar-refractivity contribution < 1.29 is 0 Å². The Bertz CT molecular complexity index is 174. The molecule has 0 spiro atoms. The molecule has 0 bridgehead atoms. The highest BCUT2D eigenvalue weighted by atomic mass is 14.7. The minimum Gasteiger partial charge on any atom is -0.291 e. The molecule has 0 saturated carbocycles. The SMILES string of the molecule is C=C=N/C=C\[C@H](C)N=CC. The molecule has 0 aliphatic heterocycles. The van der Waals surface area contributed by atoms with Gasteiger partial charge in [-0.05, 0) is 38.6 Å². The summed E-state index contributed by atoms with van der Waals surface area (Å²) in [4.78, 5) is 7.75. The highest BCUT2D eigenvalue weighted by molar-refractivity contribution is 5.53. The molecule has 0 heterocycles. The van der Waals surface area contributed by atoms with Crippen molar-refractivity contribution in [3.63, 3.8) is 0 Å². The van der Waals surface area contributed by atoms with E-state index in [0.29, 0.717) is 0 Å². The molecule has 0 rings (SSSR count). The van der Waals surface area contributed by atoms with Crippen molar-refractivity contribution in [2.75, 3.05) is 0 Å². The van der Waals surface area contributed by atoms with Crippen LogP contribution in [0.4, 0.5) is 0 Å². The molecule has 2 nitrogen and oxygen atoms in total. The minimum absolute atomic E-state index is 0.196. The molecule has 0 radical (unpaired) electrons. The summed E-state index contributed by atoms with van der Waals surface area (Å²) >= 11 is 0. The summed E-state index contributed by atoms with van der Waals surface area (Å²) < 4.78 is 0. The monoisotopic (exact) mass is 136 g/mol. The summed E-state index contributed by atoms with van der Waals surface area (Å²) in [6.45, 7) is 7.19. The fourth-order valence-corrected chi connectivity index (χ4v) is 0.505. The number of aliphatic imine (C=N–C) groups is 2. The van der Waals surface area contributed by atoms with Crippen LogP contribution in [0, 0.1) is 0 Å². The van der Waals surface area contributed by atoms with E-state index < -0.39 is 0 Å². The molecule has 0 N–H and O–H groups in total. The summed E-state index contributed by atoms with van der Waals surface area (Å²) in [5.74, 6) is 2.40. The zero-order chi connectivity index (χ0) is 7.82. The molecular formula is C8H12N2. The lowest BCUT2D eigenvalue weighted by molar-refractivity contribution is 0.928. The summed E-state index contributed by atoms with van der Waals surface area (Å²) in [6.07, 6.45) is 5.29. The van der Waals surface area contributed by atoms with Gasteiger partial charge in [0, 0.05) is 6.20 Å². The van der Waals surface area contributed by atoms with Gasteiger partial charge < -0.3 is 0 Å². The molecule has 0 aliphatic carbocycles. The summed E-state index contributed by atoms with van der Waals surface area (Å²) in [5, 5.41) is 0. The topological polar surface area (TPSA) is 24.7 Å². The van der Waals surface area contributed by atoms with Gasteiger partial charge in [-0.2, -0.15) is 0 Å². The van der Waals surface area contributed by atoms with Gasteiger partial charge in [-0.1, -0.05) is 0 Å². The maximum atomic E-state index is 4.08. The second kappa shape index (κ2) is 5.99. The normalized spacial score (nSPS) is 13.8. The maximum absolute atomic E-state index is 4.08. The molecule has 0 aromatic heterocycles. The van der Waals surface area contributed by atoms with Gasteiger partial charge in [0.15, 0.2) is 0 Å². The van der Waals surface area contributed by atoms with Crippen LogP contribution in [0.15, 0.2) is 28.8 Å². The van der Waals surface area contributed by atoms with Crippen molar-refractivity contribution >= 4 is 12.1 Å². The van der Waals surface area contributed by atoms with Crippen LogP contribution < -0.4 is 0 Å². The largest absolute Gasteiger partial charge is 0.291 e. The van der Waals surface area contributed by atoms with E-state index >= 15 is 0 Å². The van der Waals surface area contributed by atoms with Gasteiger partial charge >= 0.3 is 0 Å². The maximum Gasteiger partial charge on any atom is 0.0665 e. The molecule has 0 fully saturated rings. The molecule has 2 heteroatoms. The molecule has 54 valence electrons. The standard InChI is InChI=1S/C8H12N2/c1-4-9-7-6-8(3)10-5-2/h5-8H,1H2,2-3H3/b7-6-,10-5?/t8-/m0/s1. The van der Waals surface area contributed by atoms with Crippen molar-refractivity contribution in [2.45, 2.75) is 19.9 Å². The summed E-state index contributed by atoms with van der Waals surface area (Å²) in [7, 11) is 0. The number of rotatable bonds is 3. The van der Waals surface area contributed by atoms with Gasteiger partial charge in [0.05, 0.1) is 6.04 Å². The number of hydrogen-bond acceptors (Lipinski definition) is 2. The predicted octanol–water partition coefficient (Wildman–Crippen LogP) is 1.83. The van der Waals surface area contributed by atoms with Gasteiger partial charge in [0.2, 0.25) is 0 Å². The Morgan fingerprint density at radius 2 is 2.30 bits per heavy atom. The molecule has 10 heavy (non-hydrogen) atoms. The van der Waals surface area contributed by atoms with Gasteiger partial charge in [0.1, 0.15) is 0 Å². The highest BCUT2D eigenvalue weighted by Gasteiger charge is 1.85. The fraction of sp³-hybridized carbons (Fsp3) is 0.375. The lowest BCUT2D eigenvalue weighted by Crippen LogP contribution is -1.89. The second-order valence-electron chi connectivity index (χ2n) is 1.78.